The van der Waals surface area contributed by atoms with Gasteiger partial charge in [0.25, 0.3) is 5.91 Å². The van der Waals surface area contributed by atoms with E-state index in [2.05, 4.69) is 22.8 Å². The number of nitrogens with one attached hydrogen (secondary N) is 3. The summed E-state index contributed by atoms with van der Waals surface area (Å²) in [4.78, 5) is 12.5. The van der Waals surface area contributed by atoms with E-state index in [9.17, 15) is 18.3 Å². The number of aliphatic hydroxyl groups is 1. The van der Waals surface area contributed by atoms with Crippen LogP contribution >= 0.6 is 0 Å². The molecule has 0 aromatic heterocycles. The van der Waals surface area contributed by atoms with E-state index in [1.54, 1.807) is 12.1 Å². The smallest absolute Gasteiger partial charge is 0.266 e. The Morgan fingerprint density at radius 2 is 1.68 bits per heavy atom. The zero-order valence-electron chi connectivity index (χ0n) is 21.2. The van der Waals surface area contributed by atoms with Gasteiger partial charge in [0.1, 0.15) is 0 Å². The first-order chi connectivity index (χ1) is 17.8. The predicted molar refractivity (Wildman–Crippen MR) is 147 cm³/mol. The standard InChI is InChI=1S/C28H35N3O5S/c1-3-36-18-17-30-26-19-24(13-14-25(26)28(33)31-37(2,34)35)22-11-9-21(10-12-22)15-16-29-20-27(32)23-7-5-4-6-8-23/h4-14,19,27,29-30,32H,3,15-18,20H2,1-2H3,(H,31,33)/t27-/m0/s1. The van der Waals surface area contributed by atoms with Crippen LogP contribution in [0.4, 0.5) is 5.69 Å². The van der Waals surface area contributed by atoms with Gasteiger partial charge in [-0.15, -0.1) is 0 Å². The summed E-state index contributed by atoms with van der Waals surface area (Å²) >= 11 is 0. The van der Waals surface area contributed by atoms with Crippen LogP contribution in [0.25, 0.3) is 11.1 Å². The molecule has 4 N–H and O–H groups in total. The van der Waals surface area contributed by atoms with Gasteiger partial charge in [0.2, 0.25) is 10.0 Å². The molecule has 9 heteroatoms. The van der Waals surface area contributed by atoms with Gasteiger partial charge in [-0.05, 0) is 54.3 Å². The van der Waals surface area contributed by atoms with Crippen molar-refractivity contribution in [1.29, 1.82) is 0 Å². The molecule has 1 amide bonds. The average molecular weight is 526 g/mol. The van der Waals surface area contributed by atoms with Gasteiger partial charge >= 0.3 is 0 Å². The maximum absolute atomic E-state index is 12.5. The maximum Gasteiger partial charge on any atom is 0.266 e. The summed E-state index contributed by atoms with van der Waals surface area (Å²) < 4.78 is 30.5. The maximum atomic E-state index is 12.5. The van der Waals surface area contributed by atoms with Crippen molar-refractivity contribution in [3.05, 3.63) is 89.5 Å². The fourth-order valence-electron chi connectivity index (χ4n) is 3.82. The number of hydrogen-bond acceptors (Lipinski definition) is 7. The van der Waals surface area contributed by atoms with Gasteiger partial charge in [0, 0.05) is 25.4 Å². The summed E-state index contributed by atoms with van der Waals surface area (Å²) in [6, 6.07) is 23.0. The van der Waals surface area contributed by atoms with Crippen LogP contribution < -0.4 is 15.4 Å². The quantitative estimate of drug-likeness (QED) is 0.239. The molecule has 3 aromatic rings. The van der Waals surface area contributed by atoms with E-state index in [-0.39, 0.29) is 5.56 Å². The number of ether oxygens (including phenoxy) is 1. The number of rotatable bonds is 14. The molecular formula is C28H35N3O5S. The van der Waals surface area contributed by atoms with Crippen LogP contribution in [-0.2, 0) is 21.2 Å². The van der Waals surface area contributed by atoms with Crippen molar-refractivity contribution in [3.63, 3.8) is 0 Å². The summed E-state index contributed by atoms with van der Waals surface area (Å²) in [7, 11) is -3.68. The molecule has 1 atom stereocenters. The van der Waals surface area contributed by atoms with Crippen LogP contribution in [-0.4, -0.2) is 58.5 Å². The van der Waals surface area contributed by atoms with Crippen molar-refractivity contribution in [2.75, 3.05) is 44.4 Å². The molecule has 0 aliphatic carbocycles. The van der Waals surface area contributed by atoms with Crippen molar-refractivity contribution in [1.82, 2.24) is 10.0 Å². The second-order valence-electron chi connectivity index (χ2n) is 8.66. The Bertz CT molecular complexity index is 1250. The SMILES string of the molecule is CCOCCNc1cc(-c2ccc(CCNC[C@H](O)c3ccccc3)cc2)ccc1C(=O)NS(C)(=O)=O. The number of anilines is 1. The molecule has 0 fully saturated rings. The van der Waals surface area contributed by atoms with E-state index < -0.39 is 22.0 Å². The lowest BCUT2D eigenvalue weighted by Gasteiger charge is -2.14. The first-order valence-electron chi connectivity index (χ1n) is 12.3. The molecule has 3 aromatic carbocycles. The molecule has 3 rings (SSSR count). The number of carbonyl (C=O) groups excluding carboxylic acids is 1. The highest BCUT2D eigenvalue weighted by Gasteiger charge is 2.16. The second-order valence-corrected chi connectivity index (χ2v) is 10.4. The van der Waals surface area contributed by atoms with Gasteiger partial charge in [0.15, 0.2) is 0 Å². The first kappa shape index (κ1) is 28.3. The number of amides is 1. The lowest BCUT2D eigenvalue weighted by atomic mass is 10.00. The fraction of sp³-hybridized carbons (Fsp3) is 0.321. The van der Waals surface area contributed by atoms with Crippen LogP contribution in [0.2, 0.25) is 0 Å². The van der Waals surface area contributed by atoms with Crippen LogP contribution in [0.5, 0.6) is 0 Å². The summed E-state index contributed by atoms with van der Waals surface area (Å²) in [5.41, 5.74) is 4.69. The summed E-state index contributed by atoms with van der Waals surface area (Å²) in [6.45, 7) is 4.64. The highest BCUT2D eigenvalue weighted by molar-refractivity contribution is 7.89. The van der Waals surface area contributed by atoms with E-state index in [4.69, 9.17) is 4.74 Å². The van der Waals surface area contributed by atoms with Crippen molar-refractivity contribution in [2.24, 2.45) is 0 Å². The van der Waals surface area contributed by atoms with Crippen LogP contribution in [0.15, 0.2) is 72.8 Å². The molecule has 0 saturated heterocycles. The van der Waals surface area contributed by atoms with Crippen molar-refractivity contribution < 1.29 is 23.1 Å². The Balaban J connectivity index is 1.63. The van der Waals surface area contributed by atoms with Gasteiger partial charge in [-0.2, -0.15) is 0 Å². The first-order valence-corrected chi connectivity index (χ1v) is 14.2. The zero-order chi connectivity index (χ0) is 26.7. The number of hydrogen-bond donors (Lipinski definition) is 4. The third-order valence-electron chi connectivity index (χ3n) is 5.71. The topological polar surface area (TPSA) is 117 Å². The minimum Gasteiger partial charge on any atom is -0.387 e. The molecule has 0 spiro atoms. The number of sulfonamides is 1. The van der Waals surface area contributed by atoms with Crippen molar-refractivity contribution >= 4 is 21.6 Å². The van der Waals surface area contributed by atoms with E-state index >= 15 is 0 Å². The van der Waals surface area contributed by atoms with Crippen LogP contribution in [0.1, 0.15) is 34.5 Å². The Morgan fingerprint density at radius 1 is 0.973 bits per heavy atom. The molecule has 0 unspecified atom stereocenters. The summed E-state index contributed by atoms with van der Waals surface area (Å²) in [5.74, 6) is -0.687. The number of aliphatic hydroxyl groups excluding tert-OH is 1. The average Bonchev–Trinajstić information content (AvgIpc) is 2.89. The van der Waals surface area contributed by atoms with E-state index in [0.717, 1.165) is 41.5 Å². The molecule has 8 nitrogen and oxygen atoms in total. The Kier molecular flexibility index (Phi) is 10.6. The number of carbonyl (C=O) groups is 1. The monoisotopic (exact) mass is 525 g/mol. The van der Waals surface area contributed by atoms with Crippen molar-refractivity contribution in [2.45, 2.75) is 19.4 Å². The molecule has 0 aliphatic heterocycles. The zero-order valence-corrected chi connectivity index (χ0v) is 22.1. The molecule has 0 saturated carbocycles. The molecule has 0 radical (unpaired) electrons. The summed E-state index contributed by atoms with van der Waals surface area (Å²) in [6.07, 6.45) is 1.23. The highest BCUT2D eigenvalue weighted by Crippen LogP contribution is 2.26. The predicted octanol–water partition coefficient (Wildman–Crippen LogP) is 3.36. The molecule has 0 aliphatic rings. The Hall–Kier alpha value is -3.24. The van der Waals surface area contributed by atoms with Gasteiger partial charge in [-0.3, -0.25) is 4.79 Å². The molecule has 198 valence electrons. The van der Waals surface area contributed by atoms with Crippen molar-refractivity contribution in [3.8, 4) is 11.1 Å². The van der Waals surface area contributed by atoms with Gasteiger partial charge in [0.05, 0.1) is 24.5 Å². The minimum absolute atomic E-state index is 0.242. The van der Waals surface area contributed by atoms with E-state index in [1.165, 1.54) is 0 Å². The normalized spacial score (nSPS) is 12.2. The van der Waals surface area contributed by atoms with Crippen LogP contribution in [0.3, 0.4) is 0 Å². The Labute approximate surface area is 219 Å². The van der Waals surface area contributed by atoms with E-state index in [1.807, 2.05) is 60.2 Å². The third kappa shape index (κ3) is 9.29. The molecule has 0 bridgehead atoms. The third-order valence-corrected chi connectivity index (χ3v) is 6.26. The minimum atomic E-state index is -3.68. The van der Waals surface area contributed by atoms with Gasteiger partial charge in [-0.25, -0.2) is 13.1 Å². The lowest BCUT2D eigenvalue weighted by molar-refractivity contribution is 0.0982. The van der Waals surface area contributed by atoms with Gasteiger partial charge in [-0.1, -0.05) is 60.7 Å². The molecule has 37 heavy (non-hydrogen) atoms. The largest absolute Gasteiger partial charge is 0.387 e. The Morgan fingerprint density at radius 3 is 2.35 bits per heavy atom. The highest BCUT2D eigenvalue weighted by atomic mass is 32.2. The van der Waals surface area contributed by atoms with Gasteiger partial charge < -0.3 is 20.5 Å². The summed E-state index contributed by atoms with van der Waals surface area (Å²) in [5, 5.41) is 16.7. The molecule has 0 heterocycles. The lowest BCUT2D eigenvalue weighted by Crippen LogP contribution is -2.30. The number of benzene rings is 3. The van der Waals surface area contributed by atoms with E-state index in [0.29, 0.717) is 32.0 Å². The molecular weight excluding hydrogens is 490 g/mol. The second kappa shape index (κ2) is 13.9. The van der Waals surface area contributed by atoms with Crippen LogP contribution in [0, 0.1) is 0 Å². The fourth-order valence-corrected chi connectivity index (χ4v) is 4.27.